The van der Waals surface area contributed by atoms with Crippen LogP contribution in [0.2, 0.25) is 0 Å². The SMILES string of the molecule is C=CCOCC(O)CNC(C)C(=O)NC(C)C(=O)OC. The van der Waals surface area contributed by atoms with Gasteiger partial charge in [-0.1, -0.05) is 6.08 Å². The van der Waals surface area contributed by atoms with Crippen LogP contribution < -0.4 is 10.6 Å². The number of ether oxygens (including phenoxy) is 2. The monoisotopic (exact) mass is 288 g/mol. The van der Waals surface area contributed by atoms with Gasteiger partial charge in [-0.3, -0.25) is 4.79 Å². The van der Waals surface area contributed by atoms with Crippen LogP contribution in [0.3, 0.4) is 0 Å². The number of hydrogen-bond donors (Lipinski definition) is 3. The fraction of sp³-hybridized carbons (Fsp3) is 0.692. The third-order valence-electron chi connectivity index (χ3n) is 2.51. The first-order chi connectivity index (χ1) is 9.42. The van der Waals surface area contributed by atoms with Gasteiger partial charge in [0, 0.05) is 6.54 Å². The van der Waals surface area contributed by atoms with Gasteiger partial charge in [-0.2, -0.15) is 0 Å². The Balaban J connectivity index is 3.95. The summed E-state index contributed by atoms with van der Waals surface area (Å²) in [6, 6.07) is -1.26. The topological polar surface area (TPSA) is 96.9 Å². The normalized spacial score (nSPS) is 15.0. The van der Waals surface area contributed by atoms with Gasteiger partial charge >= 0.3 is 5.97 Å². The number of nitrogens with one attached hydrogen (secondary N) is 2. The van der Waals surface area contributed by atoms with Gasteiger partial charge in [-0.15, -0.1) is 6.58 Å². The van der Waals surface area contributed by atoms with Crippen LogP contribution in [0.5, 0.6) is 0 Å². The van der Waals surface area contributed by atoms with E-state index in [1.807, 2.05) is 0 Å². The molecule has 0 aliphatic heterocycles. The van der Waals surface area contributed by atoms with Crippen molar-refractivity contribution in [3.8, 4) is 0 Å². The quantitative estimate of drug-likeness (QED) is 0.277. The van der Waals surface area contributed by atoms with E-state index in [0.717, 1.165) is 0 Å². The highest BCUT2D eigenvalue weighted by Gasteiger charge is 2.20. The van der Waals surface area contributed by atoms with Gasteiger partial charge in [0.2, 0.25) is 5.91 Å². The fourth-order valence-electron chi connectivity index (χ4n) is 1.33. The molecular weight excluding hydrogens is 264 g/mol. The van der Waals surface area contributed by atoms with Crippen LogP contribution in [0.1, 0.15) is 13.8 Å². The molecule has 3 N–H and O–H groups in total. The molecule has 0 aliphatic rings. The van der Waals surface area contributed by atoms with Crippen LogP contribution in [0.15, 0.2) is 12.7 Å². The summed E-state index contributed by atoms with van der Waals surface area (Å²) in [7, 11) is 1.26. The Hall–Kier alpha value is -1.44. The lowest BCUT2D eigenvalue weighted by Gasteiger charge is -2.18. The molecule has 0 bridgehead atoms. The zero-order chi connectivity index (χ0) is 15.5. The summed E-state index contributed by atoms with van der Waals surface area (Å²) >= 11 is 0. The second-order valence-electron chi connectivity index (χ2n) is 4.36. The number of carbonyl (C=O) groups is 2. The molecular formula is C13H24N2O5. The van der Waals surface area contributed by atoms with Gasteiger partial charge in [-0.25, -0.2) is 4.79 Å². The molecule has 0 aromatic heterocycles. The van der Waals surface area contributed by atoms with Crippen molar-refractivity contribution < 1.29 is 24.2 Å². The van der Waals surface area contributed by atoms with Crippen LogP contribution in [0, 0.1) is 0 Å². The Morgan fingerprint density at radius 1 is 1.35 bits per heavy atom. The highest BCUT2D eigenvalue weighted by atomic mass is 16.5. The molecule has 0 heterocycles. The van der Waals surface area contributed by atoms with Crippen molar-refractivity contribution in [1.82, 2.24) is 10.6 Å². The van der Waals surface area contributed by atoms with E-state index in [1.165, 1.54) is 14.0 Å². The number of amides is 1. The van der Waals surface area contributed by atoms with E-state index < -0.39 is 24.2 Å². The van der Waals surface area contributed by atoms with Crippen molar-refractivity contribution in [1.29, 1.82) is 0 Å². The van der Waals surface area contributed by atoms with E-state index in [0.29, 0.717) is 6.61 Å². The predicted octanol–water partition coefficient (Wildman–Crippen LogP) is -0.794. The lowest BCUT2D eigenvalue weighted by atomic mass is 10.2. The largest absolute Gasteiger partial charge is 0.467 e. The van der Waals surface area contributed by atoms with E-state index in [-0.39, 0.29) is 19.1 Å². The van der Waals surface area contributed by atoms with Crippen LogP contribution in [-0.4, -0.2) is 62.0 Å². The van der Waals surface area contributed by atoms with E-state index in [2.05, 4.69) is 21.9 Å². The summed E-state index contributed by atoms with van der Waals surface area (Å²) in [4.78, 5) is 22.9. The lowest BCUT2D eigenvalue weighted by Crippen LogP contribution is -2.49. The van der Waals surface area contributed by atoms with Gasteiger partial charge in [-0.05, 0) is 13.8 Å². The highest BCUT2D eigenvalue weighted by Crippen LogP contribution is 1.91. The van der Waals surface area contributed by atoms with Crippen LogP contribution in [0.25, 0.3) is 0 Å². The van der Waals surface area contributed by atoms with E-state index in [1.54, 1.807) is 13.0 Å². The van der Waals surface area contributed by atoms with Crippen molar-refractivity contribution in [2.24, 2.45) is 0 Å². The molecule has 3 unspecified atom stereocenters. The van der Waals surface area contributed by atoms with Gasteiger partial charge < -0.3 is 25.2 Å². The van der Waals surface area contributed by atoms with Crippen LogP contribution in [-0.2, 0) is 19.1 Å². The van der Waals surface area contributed by atoms with Gasteiger partial charge in [0.15, 0.2) is 0 Å². The Labute approximate surface area is 119 Å². The second kappa shape index (κ2) is 10.4. The third kappa shape index (κ3) is 7.88. The molecule has 0 saturated carbocycles. The average molecular weight is 288 g/mol. The average Bonchev–Trinajstić information content (AvgIpc) is 2.43. The Bertz CT molecular complexity index is 322. The zero-order valence-corrected chi connectivity index (χ0v) is 12.2. The summed E-state index contributed by atoms with van der Waals surface area (Å²) in [6.45, 7) is 7.39. The molecule has 0 aliphatic carbocycles. The molecule has 7 heteroatoms. The number of rotatable bonds is 10. The summed E-state index contributed by atoms with van der Waals surface area (Å²) in [6.07, 6.45) is 0.868. The number of hydrogen-bond acceptors (Lipinski definition) is 6. The molecule has 0 aromatic carbocycles. The summed E-state index contributed by atoms with van der Waals surface area (Å²) in [5, 5.41) is 14.9. The molecule has 0 fully saturated rings. The molecule has 0 radical (unpaired) electrons. The number of aliphatic hydroxyl groups is 1. The first-order valence-electron chi connectivity index (χ1n) is 6.40. The molecule has 0 aromatic rings. The van der Waals surface area contributed by atoms with Gasteiger partial charge in [0.25, 0.3) is 0 Å². The van der Waals surface area contributed by atoms with E-state index >= 15 is 0 Å². The molecule has 1 amide bonds. The number of aliphatic hydroxyl groups excluding tert-OH is 1. The van der Waals surface area contributed by atoms with Crippen molar-refractivity contribution in [3.05, 3.63) is 12.7 Å². The number of carbonyl (C=O) groups excluding carboxylic acids is 2. The number of esters is 1. The third-order valence-corrected chi connectivity index (χ3v) is 2.51. The Morgan fingerprint density at radius 2 is 2.00 bits per heavy atom. The van der Waals surface area contributed by atoms with Crippen LogP contribution >= 0.6 is 0 Å². The standard InChI is InChI=1S/C13H24N2O5/c1-5-6-20-8-11(16)7-14-9(2)12(17)15-10(3)13(18)19-4/h5,9-11,14,16H,1,6-8H2,2-4H3,(H,15,17). The first kappa shape index (κ1) is 18.6. The molecule has 20 heavy (non-hydrogen) atoms. The fourth-order valence-corrected chi connectivity index (χ4v) is 1.33. The second-order valence-corrected chi connectivity index (χ2v) is 4.36. The Kier molecular flexibility index (Phi) is 9.61. The smallest absolute Gasteiger partial charge is 0.328 e. The maximum atomic E-state index is 11.7. The minimum Gasteiger partial charge on any atom is -0.467 e. The molecule has 3 atom stereocenters. The van der Waals surface area contributed by atoms with Crippen LogP contribution in [0.4, 0.5) is 0 Å². The summed E-state index contributed by atoms with van der Waals surface area (Å²) < 4.78 is 9.59. The van der Waals surface area contributed by atoms with Crippen molar-refractivity contribution in [2.75, 3.05) is 26.9 Å². The maximum absolute atomic E-state index is 11.7. The zero-order valence-electron chi connectivity index (χ0n) is 12.2. The number of methoxy groups -OCH3 is 1. The minimum atomic E-state index is -0.719. The molecule has 116 valence electrons. The maximum Gasteiger partial charge on any atom is 0.328 e. The minimum absolute atomic E-state index is 0.159. The molecule has 0 saturated heterocycles. The van der Waals surface area contributed by atoms with Crippen molar-refractivity contribution in [2.45, 2.75) is 32.0 Å². The van der Waals surface area contributed by atoms with Gasteiger partial charge in [0.1, 0.15) is 6.04 Å². The predicted molar refractivity (Wildman–Crippen MR) is 74.1 cm³/mol. The molecule has 0 spiro atoms. The summed E-state index contributed by atoms with van der Waals surface area (Å²) in [5.74, 6) is -0.856. The summed E-state index contributed by atoms with van der Waals surface area (Å²) in [5.41, 5.74) is 0. The first-order valence-corrected chi connectivity index (χ1v) is 6.40. The van der Waals surface area contributed by atoms with E-state index in [4.69, 9.17) is 4.74 Å². The lowest BCUT2D eigenvalue weighted by molar-refractivity contribution is -0.144. The van der Waals surface area contributed by atoms with Gasteiger partial charge in [0.05, 0.1) is 32.5 Å². The van der Waals surface area contributed by atoms with E-state index in [9.17, 15) is 14.7 Å². The molecule has 0 rings (SSSR count). The Morgan fingerprint density at radius 3 is 2.55 bits per heavy atom. The van der Waals surface area contributed by atoms with Crippen molar-refractivity contribution >= 4 is 11.9 Å². The van der Waals surface area contributed by atoms with Crippen molar-refractivity contribution in [3.63, 3.8) is 0 Å². The molecule has 7 nitrogen and oxygen atoms in total. The highest BCUT2D eigenvalue weighted by molar-refractivity contribution is 5.86.